The summed E-state index contributed by atoms with van der Waals surface area (Å²) in [6, 6.07) is 17.0. The predicted molar refractivity (Wildman–Crippen MR) is 140 cm³/mol. The number of ether oxygens (including phenoxy) is 1. The number of sulfone groups is 1. The van der Waals surface area contributed by atoms with Crippen molar-refractivity contribution in [1.29, 1.82) is 0 Å². The van der Waals surface area contributed by atoms with Gasteiger partial charge >= 0.3 is 6.18 Å². The Hall–Kier alpha value is -4.51. The summed E-state index contributed by atoms with van der Waals surface area (Å²) in [5.74, 6) is 0.140. The predicted octanol–water partition coefficient (Wildman–Crippen LogP) is 5.98. The molecule has 5 aromatic rings. The van der Waals surface area contributed by atoms with Crippen LogP contribution >= 0.6 is 0 Å². The zero-order valence-electron chi connectivity index (χ0n) is 20.9. The van der Waals surface area contributed by atoms with E-state index in [1.165, 1.54) is 30.5 Å². The highest BCUT2D eigenvalue weighted by Gasteiger charge is 2.34. The Morgan fingerprint density at radius 3 is 2.40 bits per heavy atom. The third-order valence-corrected chi connectivity index (χ3v) is 8.03. The Labute approximate surface area is 227 Å². The molecule has 0 N–H and O–H groups in total. The smallest absolute Gasteiger partial charge is 0.416 e. The van der Waals surface area contributed by atoms with E-state index in [4.69, 9.17) is 4.74 Å². The first-order chi connectivity index (χ1) is 19.1. The highest BCUT2D eigenvalue weighted by atomic mass is 32.2. The van der Waals surface area contributed by atoms with Crippen LogP contribution in [0.15, 0.2) is 107 Å². The minimum absolute atomic E-state index is 0.0228. The third kappa shape index (κ3) is 5.89. The van der Waals surface area contributed by atoms with E-state index in [2.05, 4.69) is 9.97 Å². The number of benzene rings is 3. The molecule has 0 spiro atoms. The zero-order chi connectivity index (χ0) is 28.3. The summed E-state index contributed by atoms with van der Waals surface area (Å²) in [5.41, 5.74) is 0.729. The molecule has 0 radical (unpaired) electrons. The van der Waals surface area contributed by atoms with Crippen LogP contribution in [0.25, 0.3) is 5.78 Å². The van der Waals surface area contributed by atoms with E-state index in [-0.39, 0.29) is 29.5 Å². The second-order valence-corrected chi connectivity index (χ2v) is 10.9. The summed E-state index contributed by atoms with van der Waals surface area (Å²) < 4.78 is 74.6. The zero-order valence-corrected chi connectivity index (χ0v) is 21.7. The standard InChI is InChI=1S/C29H22F3N3O4S/c30-29(31,32)23-9-13-26(39-19-21-4-2-1-3-5-21)27(16-23)40(37,38)24-10-6-20(7-11-24)8-12-25(36)22-17-34-28-33-14-15-35(28)18-22/h1-7,9-11,13-18H,8,12,19H2. The van der Waals surface area contributed by atoms with E-state index in [9.17, 15) is 26.4 Å². The number of rotatable bonds is 9. The van der Waals surface area contributed by atoms with Crippen LogP contribution in [0.2, 0.25) is 0 Å². The molecular formula is C29H22F3N3O4S. The minimum atomic E-state index is -4.74. The molecule has 0 amide bonds. The Bertz CT molecular complexity index is 1770. The summed E-state index contributed by atoms with van der Waals surface area (Å²) in [6.45, 7) is -0.0228. The maximum atomic E-state index is 13.5. The lowest BCUT2D eigenvalue weighted by Gasteiger charge is -2.15. The van der Waals surface area contributed by atoms with Crippen molar-refractivity contribution < 1.29 is 31.1 Å². The number of fused-ring (bicyclic) bond motifs is 1. The van der Waals surface area contributed by atoms with Gasteiger partial charge in [-0.05, 0) is 47.9 Å². The molecule has 0 unspecified atom stereocenters. The molecule has 2 heterocycles. The molecule has 0 aliphatic heterocycles. The summed E-state index contributed by atoms with van der Waals surface area (Å²) in [4.78, 5) is 20.0. The third-order valence-electron chi connectivity index (χ3n) is 6.24. The van der Waals surface area contributed by atoms with Crippen molar-refractivity contribution in [2.24, 2.45) is 0 Å². The van der Waals surface area contributed by atoms with Gasteiger partial charge in [0, 0.05) is 31.2 Å². The van der Waals surface area contributed by atoms with Crippen molar-refractivity contribution in [3.63, 3.8) is 0 Å². The maximum Gasteiger partial charge on any atom is 0.416 e. The first kappa shape index (κ1) is 27.1. The van der Waals surface area contributed by atoms with Gasteiger partial charge in [-0.15, -0.1) is 0 Å². The van der Waals surface area contributed by atoms with Gasteiger partial charge in [0.05, 0.1) is 16.0 Å². The van der Waals surface area contributed by atoms with Crippen LogP contribution in [0.3, 0.4) is 0 Å². The van der Waals surface area contributed by atoms with E-state index in [1.807, 2.05) is 0 Å². The van der Waals surface area contributed by atoms with Crippen molar-refractivity contribution in [3.8, 4) is 5.75 Å². The lowest BCUT2D eigenvalue weighted by atomic mass is 10.0. The number of aryl methyl sites for hydroxylation is 1. The summed E-state index contributed by atoms with van der Waals surface area (Å²) >= 11 is 0. The molecule has 0 bridgehead atoms. The van der Waals surface area contributed by atoms with E-state index in [1.54, 1.807) is 53.3 Å². The lowest BCUT2D eigenvalue weighted by molar-refractivity contribution is -0.137. The van der Waals surface area contributed by atoms with Gasteiger partial charge in [-0.2, -0.15) is 13.2 Å². The van der Waals surface area contributed by atoms with Crippen LogP contribution < -0.4 is 4.74 Å². The van der Waals surface area contributed by atoms with Crippen LogP contribution in [0, 0.1) is 0 Å². The van der Waals surface area contributed by atoms with E-state index >= 15 is 0 Å². The van der Waals surface area contributed by atoms with Crippen molar-refractivity contribution in [2.75, 3.05) is 0 Å². The van der Waals surface area contributed by atoms with Gasteiger partial charge in [0.1, 0.15) is 17.3 Å². The van der Waals surface area contributed by atoms with Crippen LogP contribution in [-0.4, -0.2) is 28.6 Å². The Morgan fingerprint density at radius 2 is 1.68 bits per heavy atom. The Morgan fingerprint density at radius 1 is 0.925 bits per heavy atom. The number of Topliss-reactive ketones (excluding diaryl/α,β-unsaturated/α-hetero) is 1. The summed E-state index contributed by atoms with van der Waals surface area (Å²) in [7, 11) is -4.37. The fourth-order valence-corrected chi connectivity index (χ4v) is 5.50. The number of imidazole rings is 1. The van der Waals surface area contributed by atoms with Crippen LogP contribution in [0.5, 0.6) is 5.75 Å². The number of carbonyl (C=O) groups is 1. The summed E-state index contributed by atoms with van der Waals surface area (Å²) in [5, 5.41) is 0. The molecule has 40 heavy (non-hydrogen) atoms. The first-order valence-corrected chi connectivity index (χ1v) is 13.6. The van der Waals surface area contributed by atoms with Gasteiger partial charge in [0.15, 0.2) is 5.78 Å². The molecule has 0 saturated heterocycles. The largest absolute Gasteiger partial charge is 0.488 e. The molecule has 3 aromatic carbocycles. The molecule has 2 aromatic heterocycles. The number of alkyl halides is 3. The van der Waals surface area contributed by atoms with Gasteiger partial charge in [0.25, 0.3) is 0 Å². The van der Waals surface area contributed by atoms with Gasteiger partial charge < -0.3 is 4.74 Å². The molecule has 0 aliphatic carbocycles. The van der Waals surface area contributed by atoms with Crippen LogP contribution in [0.1, 0.15) is 33.5 Å². The van der Waals surface area contributed by atoms with Crippen molar-refractivity contribution in [2.45, 2.75) is 35.4 Å². The van der Waals surface area contributed by atoms with E-state index < -0.39 is 26.5 Å². The number of halogens is 3. The highest BCUT2D eigenvalue weighted by Crippen LogP contribution is 2.37. The van der Waals surface area contributed by atoms with Crippen molar-refractivity contribution >= 4 is 21.4 Å². The SMILES string of the molecule is O=C(CCc1ccc(S(=O)(=O)c2cc(C(F)(F)F)ccc2OCc2ccccc2)cc1)c1cnc2nccn2c1. The number of hydrogen-bond donors (Lipinski definition) is 0. The number of aromatic nitrogens is 3. The molecule has 11 heteroatoms. The molecular weight excluding hydrogens is 543 g/mol. The Kier molecular flexibility index (Phi) is 7.40. The van der Waals surface area contributed by atoms with E-state index in [0.717, 1.165) is 17.7 Å². The second-order valence-electron chi connectivity index (χ2n) is 8.98. The number of ketones is 1. The van der Waals surface area contributed by atoms with Gasteiger partial charge in [-0.25, -0.2) is 18.4 Å². The number of hydrogen-bond acceptors (Lipinski definition) is 6. The fraction of sp³-hybridized carbons (Fsp3) is 0.138. The molecule has 0 atom stereocenters. The fourth-order valence-electron chi connectivity index (χ4n) is 4.07. The molecule has 5 rings (SSSR count). The van der Waals surface area contributed by atoms with Gasteiger partial charge in [-0.3, -0.25) is 9.20 Å². The van der Waals surface area contributed by atoms with Crippen molar-refractivity contribution in [1.82, 2.24) is 14.4 Å². The quantitative estimate of drug-likeness (QED) is 0.205. The molecule has 204 valence electrons. The molecule has 7 nitrogen and oxygen atoms in total. The second kappa shape index (κ2) is 10.9. The number of carbonyl (C=O) groups excluding carboxylic acids is 1. The van der Waals surface area contributed by atoms with Crippen molar-refractivity contribution in [3.05, 3.63) is 120 Å². The summed E-state index contributed by atoms with van der Waals surface area (Å²) in [6.07, 6.45) is 2.09. The topological polar surface area (TPSA) is 90.6 Å². The molecule has 0 aliphatic rings. The monoisotopic (exact) mass is 565 g/mol. The highest BCUT2D eigenvalue weighted by molar-refractivity contribution is 7.91. The van der Waals surface area contributed by atoms with Crippen LogP contribution in [0.4, 0.5) is 13.2 Å². The normalized spacial score (nSPS) is 12.0. The van der Waals surface area contributed by atoms with E-state index in [0.29, 0.717) is 29.4 Å². The van der Waals surface area contributed by atoms with Gasteiger partial charge in [0.2, 0.25) is 15.6 Å². The first-order valence-electron chi connectivity index (χ1n) is 12.2. The molecule has 0 fully saturated rings. The maximum absolute atomic E-state index is 13.5. The molecule has 0 saturated carbocycles. The minimum Gasteiger partial charge on any atom is -0.488 e. The van der Waals surface area contributed by atoms with Gasteiger partial charge in [-0.1, -0.05) is 42.5 Å². The number of nitrogens with zero attached hydrogens (tertiary/aromatic N) is 3. The Balaban J connectivity index is 1.35. The average molecular weight is 566 g/mol. The van der Waals surface area contributed by atoms with Crippen LogP contribution in [-0.2, 0) is 29.0 Å². The average Bonchev–Trinajstić information content (AvgIpc) is 3.43. The lowest BCUT2D eigenvalue weighted by Crippen LogP contribution is -2.11.